The fraction of sp³-hybridized carbons (Fsp3) is 0.407. The number of rotatable bonds is 7. The van der Waals surface area contributed by atoms with Crippen LogP contribution in [0, 0.1) is 12.3 Å². The first-order chi connectivity index (χ1) is 15.9. The minimum absolute atomic E-state index is 0.00318. The second-order valence-electron chi connectivity index (χ2n) is 9.02. The van der Waals surface area contributed by atoms with E-state index in [9.17, 15) is 9.59 Å². The Bertz CT molecular complexity index is 1150. The van der Waals surface area contributed by atoms with Crippen molar-refractivity contribution in [1.82, 2.24) is 14.3 Å². The minimum atomic E-state index is -0.600. The normalized spacial score (nSPS) is 18.9. The molecular weight excluding hydrogens is 414 g/mol. The number of nitrogens with zero attached hydrogens (tertiary/aromatic N) is 3. The van der Waals surface area contributed by atoms with E-state index in [4.69, 9.17) is 4.74 Å². The molecule has 3 aromatic rings. The molecule has 0 saturated carbocycles. The molecule has 1 aliphatic heterocycles. The smallest absolute Gasteiger partial charge is 0.313 e. The van der Waals surface area contributed by atoms with E-state index in [1.807, 2.05) is 74.1 Å². The highest BCUT2D eigenvalue weighted by Gasteiger charge is 2.43. The molecule has 0 N–H and O–H groups in total. The maximum absolute atomic E-state index is 13.4. The zero-order valence-electron chi connectivity index (χ0n) is 19.8. The molecule has 2 heterocycles. The number of benzene rings is 2. The minimum Gasteiger partial charge on any atom is -0.466 e. The second kappa shape index (κ2) is 9.79. The summed E-state index contributed by atoms with van der Waals surface area (Å²) in [7, 11) is 1.92. The number of carbonyl (C=O) groups is 1. The van der Waals surface area contributed by atoms with Crippen LogP contribution in [0.4, 0.5) is 0 Å². The molecule has 0 unspecified atom stereocenters. The first kappa shape index (κ1) is 23.1. The highest BCUT2D eigenvalue weighted by atomic mass is 16.5. The van der Waals surface area contributed by atoms with E-state index in [-0.39, 0.29) is 11.5 Å². The molecule has 1 fully saturated rings. The SMILES string of the molecule is CCOC(=O)[C@]1(Cc2ccccc2)CCCN(Cc2c(C)n(C)n(-c3ccccc3)c2=O)C1. The molecule has 0 amide bonds. The van der Waals surface area contributed by atoms with Crippen LogP contribution < -0.4 is 5.56 Å². The number of ether oxygens (including phenoxy) is 1. The van der Waals surface area contributed by atoms with Gasteiger partial charge in [0, 0.05) is 25.8 Å². The maximum Gasteiger partial charge on any atom is 0.313 e. The molecule has 4 rings (SSSR count). The van der Waals surface area contributed by atoms with Crippen molar-refractivity contribution < 1.29 is 9.53 Å². The van der Waals surface area contributed by atoms with Gasteiger partial charge >= 0.3 is 5.97 Å². The van der Waals surface area contributed by atoms with Crippen molar-refractivity contribution in [3.8, 4) is 5.69 Å². The zero-order valence-corrected chi connectivity index (χ0v) is 19.8. The molecule has 174 valence electrons. The van der Waals surface area contributed by atoms with Crippen LogP contribution in [0.15, 0.2) is 65.5 Å². The molecule has 1 aliphatic rings. The van der Waals surface area contributed by atoms with Crippen molar-refractivity contribution in [2.45, 2.75) is 39.7 Å². The third kappa shape index (κ3) is 4.67. The summed E-state index contributed by atoms with van der Waals surface area (Å²) in [5.74, 6) is -0.134. The number of hydrogen-bond donors (Lipinski definition) is 0. The second-order valence-corrected chi connectivity index (χ2v) is 9.02. The Kier molecular flexibility index (Phi) is 6.84. The molecule has 1 atom stereocenters. The van der Waals surface area contributed by atoms with Crippen molar-refractivity contribution in [3.05, 3.63) is 87.8 Å². The summed E-state index contributed by atoms with van der Waals surface area (Å²) in [6, 6.07) is 19.8. The van der Waals surface area contributed by atoms with E-state index in [2.05, 4.69) is 17.0 Å². The molecule has 1 aromatic heterocycles. The van der Waals surface area contributed by atoms with Gasteiger partial charge in [-0.3, -0.25) is 19.2 Å². The lowest BCUT2D eigenvalue weighted by Crippen LogP contribution is -2.49. The Morgan fingerprint density at radius 3 is 2.39 bits per heavy atom. The molecule has 1 saturated heterocycles. The number of likely N-dealkylation sites (tertiary alicyclic amines) is 1. The Labute approximate surface area is 195 Å². The first-order valence-corrected chi connectivity index (χ1v) is 11.7. The summed E-state index contributed by atoms with van der Waals surface area (Å²) in [6.45, 7) is 6.18. The van der Waals surface area contributed by atoms with Crippen molar-refractivity contribution >= 4 is 5.97 Å². The number of piperidine rings is 1. The summed E-state index contributed by atoms with van der Waals surface area (Å²) >= 11 is 0. The number of hydrogen-bond acceptors (Lipinski definition) is 4. The van der Waals surface area contributed by atoms with E-state index in [0.29, 0.717) is 26.1 Å². The highest BCUT2D eigenvalue weighted by molar-refractivity contribution is 5.77. The predicted molar refractivity (Wildman–Crippen MR) is 129 cm³/mol. The van der Waals surface area contributed by atoms with Crippen LogP contribution in [0.2, 0.25) is 0 Å². The largest absolute Gasteiger partial charge is 0.466 e. The third-order valence-electron chi connectivity index (χ3n) is 6.80. The summed E-state index contributed by atoms with van der Waals surface area (Å²) < 4.78 is 9.18. The summed E-state index contributed by atoms with van der Waals surface area (Å²) in [4.78, 5) is 28.8. The monoisotopic (exact) mass is 447 g/mol. The van der Waals surface area contributed by atoms with E-state index in [0.717, 1.165) is 41.9 Å². The number of carbonyl (C=O) groups excluding carboxylic acids is 1. The van der Waals surface area contributed by atoms with Gasteiger partial charge in [0.1, 0.15) is 0 Å². The Balaban J connectivity index is 1.63. The van der Waals surface area contributed by atoms with Crippen LogP contribution in [0.1, 0.15) is 36.6 Å². The van der Waals surface area contributed by atoms with Crippen LogP contribution >= 0.6 is 0 Å². The lowest BCUT2D eigenvalue weighted by Gasteiger charge is -2.41. The predicted octanol–water partition coefficient (Wildman–Crippen LogP) is 3.87. The van der Waals surface area contributed by atoms with Gasteiger partial charge in [0.25, 0.3) is 5.56 Å². The number of para-hydroxylation sites is 1. The lowest BCUT2D eigenvalue weighted by atomic mass is 9.75. The molecule has 2 aromatic carbocycles. The number of esters is 1. The standard InChI is InChI=1S/C27H33N3O3/c1-4-33-26(32)27(18-22-12-7-5-8-13-22)16-11-17-29(20-27)19-24-21(2)28(3)30(25(24)31)23-14-9-6-10-15-23/h5-10,12-15H,4,11,16-20H2,1-3H3/t27-/m0/s1. The summed E-state index contributed by atoms with van der Waals surface area (Å²) in [5, 5.41) is 0. The van der Waals surface area contributed by atoms with Crippen LogP contribution in [0.3, 0.4) is 0 Å². The quantitative estimate of drug-likeness (QED) is 0.516. The maximum atomic E-state index is 13.4. The molecule has 6 nitrogen and oxygen atoms in total. The molecule has 6 heteroatoms. The summed E-state index contributed by atoms with van der Waals surface area (Å²) in [5.41, 5.74) is 3.10. The topological polar surface area (TPSA) is 56.5 Å². The van der Waals surface area contributed by atoms with Gasteiger partial charge in [0.15, 0.2) is 0 Å². The van der Waals surface area contributed by atoms with Crippen LogP contribution in [0.5, 0.6) is 0 Å². The lowest BCUT2D eigenvalue weighted by molar-refractivity contribution is -0.159. The molecule has 0 radical (unpaired) electrons. The summed E-state index contributed by atoms with van der Waals surface area (Å²) in [6.07, 6.45) is 2.33. The van der Waals surface area contributed by atoms with Gasteiger partial charge in [0.2, 0.25) is 0 Å². The van der Waals surface area contributed by atoms with Crippen LogP contribution in [0.25, 0.3) is 5.69 Å². The average molecular weight is 448 g/mol. The molecule has 33 heavy (non-hydrogen) atoms. The van der Waals surface area contributed by atoms with Crippen molar-refractivity contribution in [2.24, 2.45) is 12.5 Å². The van der Waals surface area contributed by atoms with Crippen molar-refractivity contribution in [2.75, 3.05) is 19.7 Å². The van der Waals surface area contributed by atoms with Crippen LogP contribution in [-0.2, 0) is 29.5 Å². The third-order valence-corrected chi connectivity index (χ3v) is 6.80. The van der Waals surface area contributed by atoms with Gasteiger partial charge in [0.05, 0.1) is 23.3 Å². The Morgan fingerprint density at radius 2 is 1.73 bits per heavy atom. The molecule has 0 spiro atoms. The molecule has 0 bridgehead atoms. The molecular formula is C27H33N3O3. The van der Waals surface area contributed by atoms with Gasteiger partial charge in [-0.15, -0.1) is 0 Å². The number of aromatic nitrogens is 2. The van der Waals surface area contributed by atoms with Crippen molar-refractivity contribution in [3.63, 3.8) is 0 Å². The average Bonchev–Trinajstić information content (AvgIpc) is 3.03. The van der Waals surface area contributed by atoms with Gasteiger partial charge in [-0.05, 0) is 57.4 Å². The Hall–Kier alpha value is -3.12. The molecule has 0 aliphatic carbocycles. The van der Waals surface area contributed by atoms with Crippen LogP contribution in [-0.4, -0.2) is 39.9 Å². The van der Waals surface area contributed by atoms with Gasteiger partial charge < -0.3 is 4.74 Å². The van der Waals surface area contributed by atoms with E-state index < -0.39 is 5.41 Å². The van der Waals surface area contributed by atoms with E-state index in [1.165, 1.54) is 0 Å². The van der Waals surface area contributed by atoms with E-state index in [1.54, 1.807) is 4.68 Å². The zero-order chi connectivity index (χ0) is 23.4. The van der Waals surface area contributed by atoms with Gasteiger partial charge in [-0.1, -0.05) is 48.5 Å². The fourth-order valence-electron chi connectivity index (χ4n) is 5.05. The first-order valence-electron chi connectivity index (χ1n) is 11.7. The van der Waals surface area contributed by atoms with Gasteiger partial charge in [-0.2, -0.15) is 0 Å². The Morgan fingerprint density at radius 1 is 1.06 bits per heavy atom. The van der Waals surface area contributed by atoms with E-state index >= 15 is 0 Å². The highest BCUT2D eigenvalue weighted by Crippen LogP contribution is 2.36. The van der Waals surface area contributed by atoms with Gasteiger partial charge in [-0.25, -0.2) is 4.68 Å². The fourth-order valence-corrected chi connectivity index (χ4v) is 5.05. The van der Waals surface area contributed by atoms with Crippen molar-refractivity contribution in [1.29, 1.82) is 0 Å².